The molecule has 0 spiro atoms. The molecule has 2 aromatic rings. The highest BCUT2D eigenvalue weighted by Crippen LogP contribution is 2.31. The van der Waals surface area contributed by atoms with Crippen molar-refractivity contribution in [2.45, 2.75) is 12.8 Å². The molecule has 2 aromatic carbocycles. The van der Waals surface area contributed by atoms with Gasteiger partial charge >= 0.3 is 0 Å². The van der Waals surface area contributed by atoms with Crippen LogP contribution in [0.3, 0.4) is 0 Å². The lowest BCUT2D eigenvalue weighted by Crippen LogP contribution is -2.20. The Morgan fingerprint density at radius 3 is 2.55 bits per heavy atom. The fourth-order valence-electron chi connectivity index (χ4n) is 2.58. The average molecular weight is 267 g/mol. The predicted molar refractivity (Wildman–Crippen MR) is 73.9 cm³/mol. The molecule has 100 valence electrons. The quantitative estimate of drug-likeness (QED) is 0.821. The van der Waals surface area contributed by atoms with Crippen molar-refractivity contribution in [2.24, 2.45) is 0 Å². The van der Waals surface area contributed by atoms with Gasteiger partial charge in [0.15, 0.2) is 0 Å². The molecule has 2 N–H and O–H groups in total. The highest BCUT2D eigenvalue weighted by Gasteiger charge is 2.30. The SMILES string of the molecule is C[C@H](c1cccc(O)c1)c1cccc2c1C(=O)NC2=O. The molecule has 4 heteroatoms. The van der Waals surface area contributed by atoms with Gasteiger partial charge in [-0.3, -0.25) is 14.9 Å². The lowest BCUT2D eigenvalue weighted by Gasteiger charge is -2.15. The first-order chi connectivity index (χ1) is 9.58. The third kappa shape index (κ3) is 1.86. The molecule has 3 rings (SSSR count). The zero-order valence-corrected chi connectivity index (χ0v) is 10.9. The summed E-state index contributed by atoms with van der Waals surface area (Å²) in [7, 11) is 0. The molecule has 0 fully saturated rings. The number of nitrogens with one attached hydrogen (secondary N) is 1. The van der Waals surface area contributed by atoms with Crippen molar-refractivity contribution in [1.82, 2.24) is 5.32 Å². The number of rotatable bonds is 2. The normalized spacial score (nSPS) is 14.8. The van der Waals surface area contributed by atoms with Crippen molar-refractivity contribution < 1.29 is 14.7 Å². The zero-order valence-electron chi connectivity index (χ0n) is 10.9. The number of hydrogen-bond acceptors (Lipinski definition) is 3. The van der Waals surface area contributed by atoms with Gasteiger partial charge in [-0.05, 0) is 29.3 Å². The van der Waals surface area contributed by atoms with E-state index in [0.717, 1.165) is 11.1 Å². The number of phenolic OH excluding ortho intramolecular Hbond substituents is 1. The van der Waals surface area contributed by atoms with Crippen LogP contribution in [0.4, 0.5) is 0 Å². The highest BCUT2D eigenvalue weighted by atomic mass is 16.3. The Hall–Kier alpha value is -2.62. The summed E-state index contributed by atoms with van der Waals surface area (Å²) in [4.78, 5) is 23.6. The van der Waals surface area contributed by atoms with Crippen molar-refractivity contribution in [2.75, 3.05) is 0 Å². The van der Waals surface area contributed by atoms with E-state index in [4.69, 9.17) is 0 Å². The second-order valence-electron chi connectivity index (χ2n) is 4.87. The summed E-state index contributed by atoms with van der Waals surface area (Å²) in [6.07, 6.45) is 0. The van der Waals surface area contributed by atoms with Crippen LogP contribution in [0.25, 0.3) is 0 Å². The van der Waals surface area contributed by atoms with E-state index in [1.54, 1.807) is 30.3 Å². The number of phenols is 1. The fourth-order valence-corrected chi connectivity index (χ4v) is 2.58. The topological polar surface area (TPSA) is 66.4 Å². The van der Waals surface area contributed by atoms with Crippen molar-refractivity contribution >= 4 is 11.8 Å². The van der Waals surface area contributed by atoms with Gasteiger partial charge in [0.2, 0.25) is 0 Å². The molecule has 0 saturated carbocycles. The van der Waals surface area contributed by atoms with Gasteiger partial charge in [-0.15, -0.1) is 0 Å². The second kappa shape index (κ2) is 4.49. The maximum absolute atomic E-state index is 11.9. The molecule has 0 bridgehead atoms. The van der Waals surface area contributed by atoms with E-state index in [2.05, 4.69) is 5.32 Å². The van der Waals surface area contributed by atoms with Crippen LogP contribution in [0.5, 0.6) is 5.75 Å². The van der Waals surface area contributed by atoms with Crippen LogP contribution in [0.2, 0.25) is 0 Å². The number of fused-ring (bicyclic) bond motifs is 1. The highest BCUT2D eigenvalue weighted by molar-refractivity contribution is 6.22. The summed E-state index contributed by atoms with van der Waals surface area (Å²) in [5.41, 5.74) is 2.54. The molecule has 0 saturated heterocycles. The molecule has 20 heavy (non-hydrogen) atoms. The van der Waals surface area contributed by atoms with Gasteiger partial charge in [-0.2, -0.15) is 0 Å². The van der Waals surface area contributed by atoms with E-state index in [0.29, 0.717) is 11.1 Å². The Kier molecular flexibility index (Phi) is 2.79. The smallest absolute Gasteiger partial charge is 0.259 e. The molecular formula is C16H13NO3. The average Bonchev–Trinajstić information content (AvgIpc) is 2.73. The van der Waals surface area contributed by atoms with E-state index < -0.39 is 0 Å². The van der Waals surface area contributed by atoms with Crippen LogP contribution in [-0.2, 0) is 0 Å². The van der Waals surface area contributed by atoms with Gasteiger partial charge in [0, 0.05) is 5.92 Å². The molecule has 1 aliphatic heterocycles. The first-order valence-electron chi connectivity index (χ1n) is 6.35. The first kappa shape index (κ1) is 12.4. The number of carbonyl (C=O) groups excluding carboxylic acids is 2. The summed E-state index contributed by atoms with van der Waals surface area (Å²) in [6.45, 7) is 1.94. The van der Waals surface area contributed by atoms with E-state index in [-0.39, 0.29) is 23.5 Å². The number of amides is 2. The number of hydrogen-bond donors (Lipinski definition) is 2. The van der Waals surface area contributed by atoms with Gasteiger partial charge < -0.3 is 5.11 Å². The van der Waals surface area contributed by atoms with Crippen LogP contribution < -0.4 is 5.32 Å². The van der Waals surface area contributed by atoms with Gasteiger partial charge in [0.05, 0.1) is 11.1 Å². The molecule has 0 unspecified atom stereocenters. The standard InChI is InChI=1S/C16H13NO3/c1-9(10-4-2-5-11(18)8-10)12-6-3-7-13-14(12)16(20)17-15(13)19/h2-9,18H,1H3,(H,17,19,20)/t9-/m1/s1. The first-order valence-corrected chi connectivity index (χ1v) is 6.35. The molecule has 1 aliphatic rings. The molecule has 1 heterocycles. The minimum Gasteiger partial charge on any atom is -0.508 e. The summed E-state index contributed by atoms with van der Waals surface area (Å²) < 4.78 is 0. The minimum atomic E-state index is -0.354. The van der Waals surface area contributed by atoms with Crippen LogP contribution in [0.1, 0.15) is 44.7 Å². The van der Waals surface area contributed by atoms with Gasteiger partial charge in [-0.25, -0.2) is 0 Å². The van der Waals surface area contributed by atoms with Crippen molar-refractivity contribution in [1.29, 1.82) is 0 Å². The van der Waals surface area contributed by atoms with E-state index >= 15 is 0 Å². The van der Waals surface area contributed by atoms with E-state index in [1.165, 1.54) is 0 Å². The maximum atomic E-state index is 11.9. The van der Waals surface area contributed by atoms with Crippen LogP contribution >= 0.6 is 0 Å². The lowest BCUT2D eigenvalue weighted by molar-refractivity contribution is 0.0879. The van der Waals surface area contributed by atoms with Crippen molar-refractivity contribution in [3.63, 3.8) is 0 Å². The predicted octanol–water partition coefficient (Wildman–Crippen LogP) is 2.43. The van der Waals surface area contributed by atoms with Gasteiger partial charge in [0.25, 0.3) is 11.8 Å². The number of aromatic hydroxyl groups is 1. The Morgan fingerprint density at radius 2 is 1.80 bits per heavy atom. The van der Waals surface area contributed by atoms with Crippen molar-refractivity contribution in [3.05, 3.63) is 64.7 Å². The summed E-state index contributed by atoms with van der Waals surface area (Å²) in [6, 6.07) is 12.2. The van der Waals surface area contributed by atoms with Gasteiger partial charge in [-0.1, -0.05) is 31.2 Å². The third-order valence-electron chi connectivity index (χ3n) is 3.63. The molecule has 0 aliphatic carbocycles. The van der Waals surface area contributed by atoms with Crippen LogP contribution in [0.15, 0.2) is 42.5 Å². The summed E-state index contributed by atoms with van der Waals surface area (Å²) in [5.74, 6) is -0.612. The number of carbonyl (C=O) groups is 2. The Balaban J connectivity index is 2.12. The van der Waals surface area contributed by atoms with Gasteiger partial charge in [0.1, 0.15) is 5.75 Å². The number of benzene rings is 2. The third-order valence-corrected chi connectivity index (χ3v) is 3.63. The van der Waals surface area contributed by atoms with E-state index in [9.17, 15) is 14.7 Å². The molecule has 0 aromatic heterocycles. The minimum absolute atomic E-state index is 0.0892. The zero-order chi connectivity index (χ0) is 14.3. The lowest BCUT2D eigenvalue weighted by atomic mass is 9.88. The molecule has 0 radical (unpaired) electrons. The Morgan fingerprint density at radius 1 is 1.05 bits per heavy atom. The maximum Gasteiger partial charge on any atom is 0.259 e. The largest absolute Gasteiger partial charge is 0.508 e. The van der Waals surface area contributed by atoms with E-state index in [1.807, 2.05) is 19.1 Å². The number of imide groups is 1. The van der Waals surface area contributed by atoms with Crippen LogP contribution in [-0.4, -0.2) is 16.9 Å². The molecule has 1 atom stereocenters. The van der Waals surface area contributed by atoms with Crippen molar-refractivity contribution in [3.8, 4) is 5.75 Å². The molecule has 4 nitrogen and oxygen atoms in total. The Labute approximate surface area is 116 Å². The monoisotopic (exact) mass is 267 g/mol. The summed E-state index contributed by atoms with van der Waals surface area (Å²) in [5, 5.41) is 11.9. The fraction of sp³-hybridized carbons (Fsp3) is 0.125. The Bertz CT molecular complexity index is 721. The molecule has 2 amide bonds. The molecular weight excluding hydrogens is 254 g/mol. The van der Waals surface area contributed by atoms with Crippen LogP contribution in [0, 0.1) is 0 Å². The summed E-state index contributed by atoms with van der Waals surface area (Å²) >= 11 is 0. The second-order valence-corrected chi connectivity index (χ2v) is 4.87.